The highest BCUT2D eigenvalue weighted by Crippen LogP contribution is 2.25. The molecule has 2 aliphatic rings. The maximum Gasteiger partial charge on any atom is 0.323 e. The molecule has 0 amide bonds. The number of aliphatic carboxylic acids is 1. The second-order valence-corrected chi connectivity index (χ2v) is 6.08. The number of ether oxygens (including phenoxy) is 1. The van der Waals surface area contributed by atoms with E-state index in [-0.39, 0.29) is 0 Å². The third kappa shape index (κ3) is 4.16. The van der Waals surface area contributed by atoms with Gasteiger partial charge in [0.05, 0.1) is 6.10 Å². The minimum absolute atomic E-state index is 0.381. The first kappa shape index (κ1) is 14.8. The Morgan fingerprint density at radius 2 is 2.00 bits per heavy atom. The summed E-state index contributed by atoms with van der Waals surface area (Å²) in [6.07, 6.45) is 5.37. The van der Waals surface area contributed by atoms with Crippen LogP contribution in [0.4, 0.5) is 0 Å². The van der Waals surface area contributed by atoms with E-state index in [0.29, 0.717) is 18.6 Å². The fourth-order valence-electron chi connectivity index (χ4n) is 2.67. The number of carbonyl (C=O) groups is 1. The molecule has 19 heavy (non-hydrogen) atoms. The molecule has 0 bridgehead atoms. The molecule has 0 radical (unpaired) electrons. The predicted molar refractivity (Wildman–Crippen MR) is 73.3 cm³/mol. The fraction of sp³-hybridized carbons (Fsp3) is 0.929. The second kappa shape index (κ2) is 6.20. The Bertz CT molecular complexity index is 312. The Kier molecular flexibility index (Phi) is 4.81. The van der Waals surface area contributed by atoms with E-state index in [1.54, 1.807) is 7.11 Å². The van der Waals surface area contributed by atoms with Crippen molar-refractivity contribution in [1.82, 2.24) is 10.2 Å². The molecule has 110 valence electrons. The van der Waals surface area contributed by atoms with Crippen LogP contribution in [-0.4, -0.2) is 60.4 Å². The lowest BCUT2D eigenvalue weighted by molar-refractivity contribution is -0.144. The smallest absolute Gasteiger partial charge is 0.323 e. The number of likely N-dealkylation sites (tertiary alicyclic amines) is 1. The van der Waals surface area contributed by atoms with Crippen molar-refractivity contribution in [3.8, 4) is 0 Å². The lowest BCUT2D eigenvalue weighted by Gasteiger charge is -2.34. The van der Waals surface area contributed by atoms with E-state index in [4.69, 9.17) is 4.74 Å². The Labute approximate surface area is 115 Å². The first-order valence-corrected chi connectivity index (χ1v) is 7.30. The van der Waals surface area contributed by atoms with E-state index in [9.17, 15) is 9.90 Å². The van der Waals surface area contributed by atoms with Crippen LogP contribution in [0.5, 0.6) is 0 Å². The summed E-state index contributed by atoms with van der Waals surface area (Å²) in [5.41, 5.74) is -0.779. The molecular formula is C14H26N2O3. The Balaban J connectivity index is 1.77. The molecule has 1 saturated carbocycles. The Hall–Kier alpha value is -0.650. The first-order valence-electron chi connectivity index (χ1n) is 7.30. The van der Waals surface area contributed by atoms with Gasteiger partial charge in [-0.3, -0.25) is 10.1 Å². The molecule has 1 saturated heterocycles. The summed E-state index contributed by atoms with van der Waals surface area (Å²) in [5, 5.41) is 12.7. The van der Waals surface area contributed by atoms with Gasteiger partial charge < -0.3 is 14.7 Å². The SMILES string of the molecule is COC1CCN(CCC(C)(NC2CC2)C(=O)O)CC1. The van der Waals surface area contributed by atoms with Crippen LogP contribution in [-0.2, 0) is 9.53 Å². The Morgan fingerprint density at radius 3 is 2.47 bits per heavy atom. The maximum absolute atomic E-state index is 11.5. The van der Waals surface area contributed by atoms with Crippen LogP contribution in [0.2, 0.25) is 0 Å². The maximum atomic E-state index is 11.5. The summed E-state index contributed by atoms with van der Waals surface area (Å²) < 4.78 is 5.35. The van der Waals surface area contributed by atoms with Crippen LogP contribution in [0, 0.1) is 0 Å². The number of piperidine rings is 1. The van der Waals surface area contributed by atoms with Crippen molar-refractivity contribution in [2.24, 2.45) is 0 Å². The van der Waals surface area contributed by atoms with Crippen LogP contribution in [0.3, 0.4) is 0 Å². The highest BCUT2D eigenvalue weighted by Gasteiger charge is 2.38. The lowest BCUT2D eigenvalue weighted by atomic mass is 9.96. The second-order valence-electron chi connectivity index (χ2n) is 6.08. The molecule has 1 heterocycles. The van der Waals surface area contributed by atoms with Gasteiger partial charge in [-0.15, -0.1) is 0 Å². The number of rotatable bonds is 7. The van der Waals surface area contributed by atoms with Crippen LogP contribution >= 0.6 is 0 Å². The standard InChI is InChI=1S/C14H26N2O3/c1-14(13(17)18,15-11-3-4-11)7-10-16-8-5-12(19-2)6-9-16/h11-12,15H,3-10H2,1-2H3,(H,17,18). The normalized spacial score (nSPS) is 25.2. The zero-order valence-corrected chi connectivity index (χ0v) is 12.0. The lowest BCUT2D eigenvalue weighted by Crippen LogP contribution is -2.52. The van der Waals surface area contributed by atoms with Crippen molar-refractivity contribution in [2.45, 2.75) is 56.7 Å². The Morgan fingerprint density at radius 1 is 1.37 bits per heavy atom. The van der Waals surface area contributed by atoms with E-state index in [1.165, 1.54) is 0 Å². The van der Waals surface area contributed by atoms with Crippen LogP contribution in [0.25, 0.3) is 0 Å². The average molecular weight is 270 g/mol. The molecule has 0 spiro atoms. The van der Waals surface area contributed by atoms with Gasteiger partial charge in [-0.05, 0) is 39.0 Å². The van der Waals surface area contributed by atoms with Gasteiger partial charge in [0.1, 0.15) is 5.54 Å². The van der Waals surface area contributed by atoms with Crippen molar-refractivity contribution in [3.63, 3.8) is 0 Å². The van der Waals surface area contributed by atoms with Crippen molar-refractivity contribution in [2.75, 3.05) is 26.7 Å². The van der Waals surface area contributed by atoms with E-state index in [2.05, 4.69) is 10.2 Å². The molecule has 2 fully saturated rings. The van der Waals surface area contributed by atoms with Crippen molar-refractivity contribution in [1.29, 1.82) is 0 Å². The third-order valence-corrected chi connectivity index (χ3v) is 4.37. The highest BCUT2D eigenvalue weighted by atomic mass is 16.5. The summed E-state index contributed by atoms with van der Waals surface area (Å²) in [6, 6.07) is 0.417. The van der Waals surface area contributed by atoms with E-state index >= 15 is 0 Å². The van der Waals surface area contributed by atoms with Gasteiger partial charge in [0, 0.05) is 32.8 Å². The zero-order valence-electron chi connectivity index (χ0n) is 12.0. The highest BCUT2D eigenvalue weighted by molar-refractivity contribution is 5.78. The summed E-state index contributed by atoms with van der Waals surface area (Å²) in [6.45, 7) is 4.68. The number of nitrogens with zero attached hydrogens (tertiary/aromatic N) is 1. The van der Waals surface area contributed by atoms with Gasteiger partial charge in [-0.25, -0.2) is 0 Å². The van der Waals surface area contributed by atoms with E-state index < -0.39 is 11.5 Å². The molecule has 1 unspecified atom stereocenters. The summed E-state index contributed by atoms with van der Waals surface area (Å²) in [5.74, 6) is -0.730. The van der Waals surface area contributed by atoms with Gasteiger partial charge in [0.25, 0.3) is 0 Å². The van der Waals surface area contributed by atoms with Gasteiger partial charge in [-0.1, -0.05) is 0 Å². The molecule has 2 rings (SSSR count). The first-order chi connectivity index (χ1) is 9.03. The van der Waals surface area contributed by atoms with Crippen LogP contribution < -0.4 is 5.32 Å². The molecular weight excluding hydrogens is 244 g/mol. The van der Waals surface area contributed by atoms with Gasteiger partial charge in [0.2, 0.25) is 0 Å². The quantitative estimate of drug-likeness (QED) is 0.725. The molecule has 1 atom stereocenters. The van der Waals surface area contributed by atoms with E-state index in [1.807, 2.05) is 6.92 Å². The van der Waals surface area contributed by atoms with Crippen LogP contribution in [0.15, 0.2) is 0 Å². The van der Waals surface area contributed by atoms with Crippen molar-refractivity contribution >= 4 is 5.97 Å². The number of hydrogen-bond donors (Lipinski definition) is 2. The number of carboxylic acid groups (broad SMARTS) is 1. The molecule has 0 aromatic heterocycles. The number of carboxylic acids is 1. The van der Waals surface area contributed by atoms with Gasteiger partial charge in [0.15, 0.2) is 0 Å². The minimum Gasteiger partial charge on any atom is -0.480 e. The molecule has 0 aromatic rings. The largest absolute Gasteiger partial charge is 0.480 e. The average Bonchev–Trinajstić information content (AvgIpc) is 3.20. The third-order valence-electron chi connectivity index (χ3n) is 4.37. The zero-order chi connectivity index (χ0) is 13.9. The number of hydrogen-bond acceptors (Lipinski definition) is 4. The molecule has 0 aromatic carbocycles. The molecule has 1 aliphatic heterocycles. The van der Waals surface area contributed by atoms with Crippen molar-refractivity contribution < 1.29 is 14.6 Å². The van der Waals surface area contributed by atoms with Crippen molar-refractivity contribution in [3.05, 3.63) is 0 Å². The topological polar surface area (TPSA) is 61.8 Å². The molecule has 5 heteroatoms. The summed E-state index contributed by atoms with van der Waals surface area (Å²) in [7, 11) is 1.77. The number of nitrogens with one attached hydrogen (secondary N) is 1. The summed E-state index contributed by atoms with van der Waals surface area (Å²) in [4.78, 5) is 13.8. The van der Waals surface area contributed by atoms with Gasteiger partial charge in [-0.2, -0.15) is 0 Å². The number of methoxy groups -OCH3 is 1. The van der Waals surface area contributed by atoms with E-state index in [0.717, 1.165) is 45.3 Å². The monoisotopic (exact) mass is 270 g/mol. The van der Waals surface area contributed by atoms with Gasteiger partial charge >= 0.3 is 5.97 Å². The molecule has 2 N–H and O–H groups in total. The minimum atomic E-state index is -0.779. The molecule has 5 nitrogen and oxygen atoms in total. The fourth-order valence-corrected chi connectivity index (χ4v) is 2.67. The summed E-state index contributed by atoms with van der Waals surface area (Å²) >= 11 is 0. The molecule has 1 aliphatic carbocycles. The van der Waals surface area contributed by atoms with Crippen LogP contribution in [0.1, 0.15) is 39.0 Å². The predicted octanol–water partition coefficient (Wildman–Crippen LogP) is 1.08.